The van der Waals surface area contributed by atoms with Crippen molar-refractivity contribution in [2.45, 2.75) is 32.4 Å². The maximum absolute atomic E-state index is 12.6. The van der Waals surface area contributed by atoms with Crippen LogP contribution < -0.4 is 0 Å². The highest BCUT2D eigenvalue weighted by Crippen LogP contribution is 2.19. The summed E-state index contributed by atoms with van der Waals surface area (Å²) in [7, 11) is 0. The van der Waals surface area contributed by atoms with Crippen LogP contribution in [0.25, 0.3) is 11.0 Å². The van der Waals surface area contributed by atoms with Crippen molar-refractivity contribution in [3.63, 3.8) is 0 Å². The lowest BCUT2D eigenvalue weighted by molar-refractivity contribution is -0.133. The molecular formula is C16H21N3O2. The molecule has 1 fully saturated rings. The summed E-state index contributed by atoms with van der Waals surface area (Å²) < 4.78 is 7.41. The van der Waals surface area contributed by atoms with E-state index >= 15 is 0 Å². The Morgan fingerprint density at radius 3 is 3.14 bits per heavy atom. The highest BCUT2D eigenvalue weighted by molar-refractivity contribution is 5.80. The first kappa shape index (κ1) is 14.1. The molecule has 1 aromatic carbocycles. The van der Waals surface area contributed by atoms with Crippen LogP contribution in [0, 0.1) is 0 Å². The maximum Gasteiger partial charge on any atom is 0.242 e. The second-order valence-corrected chi connectivity index (χ2v) is 5.40. The Morgan fingerprint density at radius 1 is 1.43 bits per heavy atom. The molecule has 1 amide bonds. The largest absolute Gasteiger partial charge is 0.380 e. The molecule has 5 nitrogen and oxygen atoms in total. The van der Waals surface area contributed by atoms with Gasteiger partial charge in [-0.15, -0.1) is 0 Å². The topological polar surface area (TPSA) is 47.4 Å². The molecule has 1 atom stereocenters. The standard InChI is InChI=1S/C16H21N3O2/c1-2-21-11-13-6-5-9-19(13)16(20)10-18-12-17-14-7-3-4-8-15(14)18/h3-4,7-8,12-13H,2,5-6,9-11H2,1H3/t13-/m0/s1. The first-order chi connectivity index (χ1) is 10.3. The lowest BCUT2D eigenvalue weighted by Gasteiger charge is -2.24. The summed E-state index contributed by atoms with van der Waals surface area (Å²) in [5, 5.41) is 0. The summed E-state index contributed by atoms with van der Waals surface area (Å²) in [5.41, 5.74) is 1.93. The fraction of sp³-hybridized carbons (Fsp3) is 0.500. The van der Waals surface area contributed by atoms with E-state index in [4.69, 9.17) is 4.74 Å². The van der Waals surface area contributed by atoms with E-state index in [0.29, 0.717) is 19.8 Å². The van der Waals surface area contributed by atoms with Crippen LogP contribution in [0.2, 0.25) is 0 Å². The second kappa shape index (κ2) is 6.26. The summed E-state index contributed by atoms with van der Waals surface area (Å²) >= 11 is 0. The Bertz CT molecular complexity index is 623. The van der Waals surface area contributed by atoms with Crippen molar-refractivity contribution in [1.29, 1.82) is 0 Å². The van der Waals surface area contributed by atoms with E-state index in [1.165, 1.54) is 0 Å². The molecule has 0 N–H and O–H groups in total. The van der Waals surface area contributed by atoms with Gasteiger partial charge in [-0.3, -0.25) is 4.79 Å². The monoisotopic (exact) mass is 287 g/mol. The molecule has 1 aliphatic rings. The molecule has 0 aliphatic carbocycles. The molecule has 112 valence electrons. The Balaban J connectivity index is 1.71. The molecule has 0 saturated carbocycles. The molecule has 0 spiro atoms. The number of carbonyl (C=O) groups excluding carboxylic acids is 1. The van der Waals surface area contributed by atoms with Crippen LogP contribution >= 0.6 is 0 Å². The van der Waals surface area contributed by atoms with Gasteiger partial charge in [-0.05, 0) is 31.9 Å². The number of ether oxygens (including phenoxy) is 1. The predicted octanol–water partition coefficient (Wildman–Crippen LogP) is 2.06. The number of imidazole rings is 1. The van der Waals surface area contributed by atoms with Crippen LogP contribution in [0.1, 0.15) is 19.8 Å². The van der Waals surface area contributed by atoms with Crippen molar-refractivity contribution in [2.24, 2.45) is 0 Å². The average molecular weight is 287 g/mol. The van der Waals surface area contributed by atoms with Crippen LogP contribution in [0.5, 0.6) is 0 Å². The van der Waals surface area contributed by atoms with Gasteiger partial charge in [-0.1, -0.05) is 12.1 Å². The van der Waals surface area contributed by atoms with E-state index in [9.17, 15) is 4.79 Å². The van der Waals surface area contributed by atoms with Crippen molar-refractivity contribution < 1.29 is 9.53 Å². The summed E-state index contributed by atoms with van der Waals surface area (Å²) in [5.74, 6) is 0.153. The minimum atomic E-state index is 0.153. The molecule has 1 aromatic heterocycles. The van der Waals surface area contributed by atoms with Crippen LogP contribution in [-0.2, 0) is 16.1 Å². The molecule has 1 aliphatic heterocycles. The molecule has 3 rings (SSSR count). The smallest absolute Gasteiger partial charge is 0.242 e. The van der Waals surface area contributed by atoms with E-state index in [1.807, 2.05) is 40.7 Å². The van der Waals surface area contributed by atoms with Gasteiger partial charge >= 0.3 is 0 Å². The van der Waals surface area contributed by atoms with E-state index in [0.717, 1.165) is 30.4 Å². The normalized spacial score (nSPS) is 18.5. The summed E-state index contributed by atoms with van der Waals surface area (Å²) in [6.07, 6.45) is 3.85. The Morgan fingerprint density at radius 2 is 2.29 bits per heavy atom. The van der Waals surface area contributed by atoms with E-state index in [1.54, 1.807) is 6.33 Å². The number of aromatic nitrogens is 2. The summed E-state index contributed by atoms with van der Waals surface area (Å²) in [4.78, 5) is 18.8. The van der Waals surface area contributed by atoms with Gasteiger partial charge in [0, 0.05) is 13.2 Å². The predicted molar refractivity (Wildman–Crippen MR) is 81.0 cm³/mol. The van der Waals surface area contributed by atoms with E-state index in [2.05, 4.69) is 4.98 Å². The SMILES string of the molecule is CCOC[C@@H]1CCCN1C(=O)Cn1cnc2ccccc21. The highest BCUT2D eigenvalue weighted by atomic mass is 16.5. The molecule has 0 radical (unpaired) electrons. The van der Waals surface area contributed by atoms with Gasteiger partial charge in [-0.25, -0.2) is 4.98 Å². The fourth-order valence-electron chi connectivity index (χ4n) is 2.96. The highest BCUT2D eigenvalue weighted by Gasteiger charge is 2.28. The van der Waals surface area contributed by atoms with Crippen LogP contribution in [0.3, 0.4) is 0 Å². The number of nitrogens with zero attached hydrogens (tertiary/aromatic N) is 3. The third kappa shape index (κ3) is 2.93. The third-order valence-corrected chi connectivity index (χ3v) is 4.04. The molecule has 2 aromatic rings. The van der Waals surface area contributed by atoms with Gasteiger partial charge in [0.05, 0.1) is 30.0 Å². The van der Waals surface area contributed by atoms with Crippen LogP contribution in [0.4, 0.5) is 0 Å². The second-order valence-electron chi connectivity index (χ2n) is 5.40. The number of likely N-dealkylation sites (tertiary alicyclic amines) is 1. The number of para-hydroxylation sites is 2. The number of hydrogen-bond donors (Lipinski definition) is 0. The first-order valence-corrected chi connectivity index (χ1v) is 7.56. The van der Waals surface area contributed by atoms with Gasteiger partial charge in [0.15, 0.2) is 0 Å². The number of amides is 1. The fourth-order valence-corrected chi connectivity index (χ4v) is 2.96. The number of hydrogen-bond acceptors (Lipinski definition) is 3. The van der Waals surface area contributed by atoms with Gasteiger partial charge in [0.25, 0.3) is 0 Å². The van der Waals surface area contributed by atoms with Crippen molar-refractivity contribution in [2.75, 3.05) is 19.8 Å². The number of carbonyl (C=O) groups is 1. The maximum atomic E-state index is 12.6. The minimum absolute atomic E-state index is 0.153. The van der Waals surface area contributed by atoms with E-state index in [-0.39, 0.29) is 11.9 Å². The van der Waals surface area contributed by atoms with Gasteiger partial charge in [0.1, 0.15) is 6.54 Å². The zero-order valence-corrected chi connectivity index (χ0v) is 12.4. The molecule has 21 heavy (non-hydrogen) atoms. The summed E-state index contributed by atoms with van der Waals surface area (Å²) in [6.45, 7) is 4.52. The van der Waals surface area contributed by atoms with Gasteiger partial charge in [-0.2, -0.15) is 0 Å². The Kier molecular flexibility index (Phi) is 4.20. The molecule has 0 unspecified atom stereocenters. The lowest BCUT2D eigenvalue weighted by atomic mass is 10.2. The third-order valence-electron chi connectivity index (χ3n) is 4.04. The van der Waals surface area contributed by atoms with Crippen molar-refractivity contribution in [3.8, 4) is 0 Å². The Hall–Kier alpha value is -1.88. The average Bonchev–Trinajstić information content (AvgIpc) is 3.12. The quantitative estimate of drug-likeness (QED) is 0.845. The Labute approximate surface area is 124 Å². The zero-order chi connectivity index (χ0) is 14.7. The van der Waals surface area contributed by atoms with Crippen molar-refractivity contribution in [3.05, 3.63) is 30.6 Å². The summed E-state index contributed by atoms with van der Waals surface area (Å²) in [6, 6.07) is 8.12. The molecule has 2 heterocycles. The molecule has 0 bridgehead atoms. The zero-order valence-electron chi connectivity index (χ0n) is 12.4. The van der Waals surface area contributed by atoms with Crippen LogP contribution in [-0.4, -0.2) is 46.2 Å². The minimum Gasteiger partial charge on any atom is -0.380 e. The van der Waals surface area contributed by atoms with E-state index < -0.39 is 0 Å². The van der Waals surface area contributed by atoms with Gasteiger partial charge in [0.2, 0.25) is 5.91 Å². The first-order valence-electron chi connectivity index (χ1n) is 7.56. The molecule has 1 saturated heterocycles. The molecule has 5 heteroatoms. The molecular weight excluding hydrogens is 266 g/mol. The number of fused-ring (bicyclic) bond motifs is 1. The van der Waals surface area contributed by atoms with Gasteiger partial charge < -0.3 is 14.2 Å². The lowest BCUT2D eigenvalue weighted by Crippen LogP contribution is -2.40. The number of benzene rings is 1. The number of rotatable bonds is 5. The van der Waals surface area contributed by atoms with Crippen molar-refractivity contribution in [1.82, 2.24) is 14.5 Å². The van der Waals surface area contributed by atoms with Crippen LogP contribution in [0.15, 0.2) is 30.6 Å². The van der Waals surface area contributed by atoms with Crippen molar-refractivity contribution >= 4 is 16.9 Å².